The Labute approximate surface area is 222 Å². The smallest absolute Gasteiger partial charge is 0.422 e. The molecule has 0 aliphatic carbocycles. The zero-order valence-electron chi connectivity index (χ0n) is 22.7. The zero-order chi connectivity index (χ0) is 29.0. The number of pyridine rings is 1. The van der Waals surface area contributed by atoms with Gasteiger partial charge in [0, 0.05) is 24.2 Å². The summed E-state index contributed by atoms with van der Waals surface area (Å²) in [4.78, 5) is 13.2. The summed E-state index contributed by atoms with van der Waals surface area (Å²) < 4.78 is 57.9. The van der Waals surface area contributed by atoms with Crippen molar-refractivity contribution in [3.05, 3.63) is 95.1 Å². The summed E-state index contributed by atoms with van der Waals surface area (Å²) in [6.45, 7) is 10.3. The molecule has 0 aliphatic rings. The topological polar surface area (TPSA) is 77.2 Å². The van der Waals surface area contributed by atoms with Crippen molar-refractivity contribution in [3.63, 3.8) is 0 Å². The van der Waals surface area contributed by atoms with Crippen molar-refractivity contribution in [2.75, 3.05) is 6.61 Å². The Bertz CT molecular complexity index is 1120. The number of aromatic nitrogens is 1. The lowest BCUT2D eigenvalue weighted by molar-refractivity contribution is -0.153. The van der Waals surface area contributed by atoms with E-state index in [0.29, 0.717) is 17.7 Å². The SMILES string of the molecule is CC.Cc1ccc(C(Cc2ccccc2)(NC(C)(C)C)c2cc(F)cc(OCC(F)(F)F)c2)nc1.NC=O. The minimum Gasteiger partial charge on any atom is -0.484 e. The zero-order valence-corrected chi connectivity index (χ0v) is 22.7. The van der Waals surface area contributed by atoms with Crippen LogP contribution in [0.1, 0.15) is 57.0 Å². The second-order valence-electron chi connectivity index (χ2n) is 9.38. The average Bonchev–Trinajstić information content (AvgIpc) is 2.83. The van der Waals surface area contributed by atoms with E-state index < -0.39 is 29.7 Å². The number of nitrogens with zero attached hydrogens (tertiary/aromatic N) is 1. The highest BCUT2D eigenvalue weighted by atomic mass is 19.4. The Balaban J connectivity index is 0.00000135. The maximum Gasteiger partial charge on any atom is 0.422 e. The number of alkyl halides is 3. The van der Waals surface area contributed by atoms with Gasteiger partial charge in [0.05, 0.1) is 11.2 Å². The van der Waals surface area contributed by atoms with Crippen LogP contribution >= 0.6 is 0 Å². The number of aryl methyl sites for hydroxylation is 1. The monoisotopic (exact) mass is 535 g/mol. The first-order valence-electron chi connectivity index (χ1n) is 12.2. The van der Waals surface area contributed by atoms with Gasteiger partial charge >= 0.3 is 6.18 Å². The third kappa shape index (κ3) is 10.5. The molecule has 1 atom stereocenters. The number of carbonyl (C=O) groups excluding carboxylic acids is 1. The highest BCUT2D eigenvalue weighted by Gasteiger charge is 2.40. The second kappa shape index (κ2) is 14.5. The van der Waals surface area contributed by atoms with Crippen molar-refractivity contribution in [3.8, 4) is 5.75 Å². The molecule has 0 saturated carbocycles. The summed E-state index contributed by atoms with van der Waals surface area (Å²) in [5, 5.41) is 3.59. The fourth-order valence-electron chi connectivity index (χ4n) is 3.84. The number of amides is 1. The Morgan fingerprint density at radius 1 is 1.00 bits per heavy atom. The molecule has 38 heavy (non-hydrogen) atoms. The Hall–Kier alpha value is -3.46. The van der Waals surface area contributed by atoms with Gasteiger partial charge in [-0.05, 0) is 62.6 Å². The van der Waals surface area contributed by atoms with Crippen LogP contribution in [-0.4, -0.2) is 29.7 Å². The van der Waals surface area contributed by atoms with Crippen molar-refractivity contribution in [1.29, 1.82) is 0 Å². The number of benzene rings is 2. The molecule has 1 heterocycles. The minimum absolute atomic E-state index is 0.192. The quantitative estimate of drug-likeness (QED) is 0.268. The fraction of sp³-hybridized carbons (Fsp3) is 0.379. The van der Waals surface area contributed by atoms with Gasteiger partial charge < -0.3 is 10.5 Å². The third-order valence-electron chi connectivity index (χ3n) is 5.02. The van der Waals surface area contributed by atoms with Gasteiger partial charge in [-0.25, -0.2) is 4.39 Å². The van der Waals surface area contributed by atoms with Crippen LogP contribution in [0.15, 0.2) is 66.9 Å². The number of halogens is 4. The van der Waals surface area contributed by atoms with Crippen LogP contribution in [0, 0.1) is 12.7 Å². The number of nitrogens with two attached hydrogens (primary N) is 1. The predicted octanol–water partition coefficient (Wildman–Crippen LogP) is 6.47. The molecule has 1 aromatic heterocycles. The molecule has 0 fully saturated rings. The van der Waals surface area contributed by atoms with Gasteiger partial charge in [0.1, 0.15) is 11.6 Å². The molecule has 9 heteroatoms. The van der Waals surface area contributed by atoms with Crippen LogP contribution in [0.4, 0.5) is 17.6 Å². The average molecular weight is 536 g/mol. The van der Waals surface area contributed by atoms with Crippen molar-refractivity contribution in [2.45, 2.75) is 65.2 Å². The van der Waals surface area contributed by atoms with Crippen LogP contribution < -0.4 is 15.8 Å². The molecule has 0 aliphatic heterocycles. The summed E-state index contributed by atoms with van der Waals surface area (Å²) in [6, 6.07) is 17.1. The van der Waals surface area contributed by atoms with Gasteiger partial charge in [0.2, 0.25) is 6.41 Å². The van der Waals surface area contributed by atoms with Crippen LogP contribution in [0.2, 0.25) is 0 Å². The Morgan fingerprint density at radius 2 is 1.61 bits per heavy atom. The van der Waals surface area contributed by atoms with Crippen molar-refractivity contribution in [1.82, 2.24) is 10.3 Å². The van der Waals surface area contributed by atoms with Gasteiger partial charge in [-0.3, -0.25) is 15.1 Å². The fourth-order valence-corrected chi connectivity index (χ4v) is 3.84. The molecule has 1 unspecified atom stereocenters. The molecule has 3 rings (SSSR count). The van der Waals surface area contributed by atoms with Crippen LogP contribution in [0.3, 0.4) is 0 Å². The number of nitrogens with one attached hydrogen (secondary N) is 1. The lowest BCUT2D eigenvalue weighted by atomic mass is 9.78. The van der Waals surface area contributed by atoms with E-state index in [-0.39, 0.29) is 12.2 Å². The van der Waals surface area contributed by atoms with E-state index in [9.17, 15) is 17.6 Å². The van der Waals surface area contributed by atoms with E-state index in [1.54, 1.807) is 6.20 Å². The van der Waals surface area contributed by atoms with Gasteiger partial charge in [-0.1, -0.05) is 50.2 Å². The highest BCUT2D eigenvalue weighted by Crippen LogP contribution is 2.37. The third-order valence-corrected chi connectivity index (χ3v) is 5.02. The lowest BCUT2D eigenvalue weighted by Crippen LogP contribution is -2.54. The molecule has 1 amide bonds. The number of primary amides is 1. The molecule has 3 N–H and O–H groups in total. The van der Waals surface area contributed by atoms with Gasteiger partial charge in [-0.15, -0.1) is 0 Å². The van der Waals surface area contributed by atoms with E-state index in [1.807, 2.05) is 84.0 Å². The van der Waals surface area contributed by atoms with E-state index in [1.165, 1.54) is 12.1 Å². The molecular weight excluding hydrogens is 498 g/mol. The minimum atomic E-state index is -4.53. The molecule has 0 spiro atoms. The van der Waals surface area contributed by atoms with Gasteiger partial charge in [0.25, 0.3) is 0 Å². The molecule has 0 saturated heterocycles. The summed E-state index contributed by atoms with van der Waals surface area (Å²) in [7, 11) is 0. The first-order chi connectivity index (χ1) is 17.8. The normalized spacial score (nSPS) is 12.7. The van der Waals surface area contributed by atoms with E-state index >= 15 is 0 Å². The van der Waals surface area contributed by atoms with Crippen molar-refractivity contribution < 1.29 is 27.1 Å². The summed E-state index contributed by atoms with van der Waals surface area (Å²) in [6.07, 6.45) is -2.17. The van der Waals surface area contributed by atoms with E-state index in [2.05, 4.69) is 16.0 Å². The molecule has 208 valence electrons. The number of hydrogen-bond acceptors (Lipinski definition) is 4. The maximum absolute atomic E-state index is 14.7. The molecule has 5 nitrogen and oxygen atoms in total. The van der Waals surface area contributed by atoms with E-state index in [4.69, 9.17) is 9.53 Å². The molecule has 3 aromatic rings. The summed E-state index contributed by atoms with van der Waals surface area (Å²) >= 11 is 0. The molecule has 0 bridgehead atoms. The van der Waals surface area contributed by atoms with Crippen LogP contribution in [0.25, 0.3) is 0 Å². The van der Waals surface area contributed by atoms with Gasteiger partial charge in [-0.2, -0.15) is 13.2 Å². The van der Waals surface area contributed by atoms with Crippen LogP contribution in [0.5, 0.6) is 5.75 Å². The highest BCUT2D eigenvalue weighted by molar-refractivity contribution is 5.43. The Morgan fingerprint density at radius 3 is 2.11 bits per heavy atom. The van der Waals surface area contributed by atoms with E-state index in [0.717, 1.165) is 17.2 Å². The lowest BCUT2D eigenvalue weighted by Gasteiger charge is -2.41. The van der Waals surface area contributed by atoms with Crippen molar-refractivity contribution >= 4 is 6.41 Å². The number of ether oxygens (including phenoxy) is 1. The second-order valence-corrected chi connectivity index (χ2v) is 9.38. The Kier molecular flexibility index (Phi) is 12.4. The summed E-state index contributed by atoms with van der Waals surface area (Å²) in [5.41, 5.74) is 5.65. The molecular formula is C29H37F4N3O2. The summed E-state index contributed by atoms with van der Waals surface area (Å²) in [5.74, 6) is -0.882. The maximum atomic E-state index is 14.7. The molecule has 2 aromatic carbocycles. The van der Waals surface area contributed by atoms with Crippen LogP contribution in [-0.2, 0) is 16.8 Å². The number of carbonyl (C=O) groups is 1. The van der Waals surface area contributed by atoms with Gasteiger partial charge in [0.15, 0.2) is 6.61 Å². The number of hydrogen-bond donors (Lipinski definition) is 2. The first-order valence-corrected chi connectivity index (χ1v) is 12.2. The standard InChI is InChI=1S/C26H28F4N2O.C2H6.CH3NO/c1-18-10-11-23(31-16-18)25(32-24(2,3)4,15-19-8-6-5-7-9-19)20-12-21(27)14-22(13-20)33-17-26(28,29)30;1-2;2-1-3/h5-14,16,32H,15,17H2,1-4H3;1-2H3;1H,(H2,2,3). The number of rotatable bonds is 7. The predicted molar refractivity (Wildman–Crippen MR) is 142 cm³/mol. The first kappa shape index (κ1) is 32.6. The largest absolute Gasteiger partial charge is 0.484 e. The van der Waals surface area contributed by atoms with Crippen molar-refractivity contribution in [2.24, 2.45) is 5.73 Å². The molecule has 0 radical (unpaired) electrons.